The number of aldehydes is 1. The first kappa shape index (κ1) is 13.3. The Morgan fingerprint density at radius 1 is 0.947 bits per heavy atom. The molecule has 0 aliphatic carbocycles. The Morgan fingerprint density at radius 3 is 2.26 bits per heavy atom. The highest BCUT2D eigenvalue weighted by Gasteiger charge is 2.12. The fourth-order valence-corrected chi connectivity index (χ4v) is 2.27. The molecule has 0 aromatic heterocycles. The molecule has 0 N–H and O–H groups in total. The van der Waals surface area contributed by atoms with Gasteiger partial charge in [-0.05, 0) is 49.1 Å². The first-order chi connectivity index (χ1) is 9.08. The summed E-state index contributed by atoms with van der Waals surface area (Å²) in [5.74, 6) is 0.881. The number of rotatable bonds is 3. The lowest BCUT2D eigenvalue weighted by Gasteiger charge is -2.15. The fraction of sp³-hybridized carbons (Fsp3) is 0.235. The van der Waals surface area contributed by atoms with Crippen molar-refractivity contribution < 1.29 is 9.53 Å². The predicted molar refractivity (Wildman–Crippen MR) is 78.0 cm³/mol. The Kier molecular flexibility index (Phi) is 3.70. The van der Waals surface area contributed by atoms with Gasteiger partial charge in [-0.3, -0.25) is 4.79 Å². The Morgan fingerprint density at radius 2 is 1.63 bits per heavy atom. The summed E-state index contributed by atoms with van der Waals surface area (Å²) in [5, 5.41) is 0. The second-order valence-corrected chi connectivity index (χ2v) is 4.78. The number of carbonyl (C=O) groups excluding carboxylic acids is 1. The Labute approximate surface area is 114 Å². The summed E-state index contributed by atoms with van der Waals surface area (Å²) in [4.78, 5) is 10.9. The zero-order valence-corrected chi connectivity index (χ0v) is 11.8. The smallest absolute Gasteiger partial charge is 0.150 e. The summed E-state index contributed by atoms with van der Waals surface area (Å²) in [6.07, 6.45) is 0.871. The molecule has 2 nitrogen and oxygen atoms in total. The third-order valence-electron chi connectivity index (χ3n) is 3.57. The van der Waals surface area contributed by atoms with E-state index in [1.165, 1.54) is 5.56 Å². The largest absolute Gasteiger partial charge is 0.496 e. The van der Waals surface area contributed by atoms with Crippen LogP contribution in [-0.2, 0) is 0 Å². The molecule has 0 fully saturated rings. The molecule has 0 atom stereocenters. The van der Waals surface area contributed by atoms with Crippen LogP contribution in [0.4, 0.5) is 0 Å². The molecular formula is C17H18O2. The minimum atomic E-state index is 0.681. The summed E-state index contributed by atoms with van der Waals surface area (Å²) in [6, 6.07) is 9.85. The van der Waals surface area contributed by atoms with Crippen molar-refractivity contribution in [3.05, 3.63) is 52.6 Å². The Balaban J connectivity index is 2.71. The number of carbonyl (C=O) groups is 1. The van der Waals surface area contributed by atoms with E-state index in [2.05, 4.69) is 26.0 Å². The SMILES string of the molecule is COc1c(-c2cc(C=O)ccc2C)ccc(C)c1C. The fourth-order valence-electron chi connectivity index (χ4n) is 2.27. The van der Waals surface area contributed by atoms with E-state index in [1.807, 2.05) is 25.1 Å². The number of hydrogen-bond acceptors (Lipinski definition) is 2. The number of aryl methyl sites for hydroxylation is 2. The summed E-state index contributed by atoms with van der Waals surface area (Å²) in [5.41, 5.74) is 6.23. The third-order valence-corrected chi connectivity index (χ3v) is 3.57. The average molecular weight is 254 g/mol. The summed E-state index contributed by atoms with van der Waals surface area (Å²) < 4.78 is 5.55. The summed E-state index contributed by atoms with van der Waals surface area (Å²) in [6.45, 7) is 6.16. The van der Waals surface area contributed by atoms with Crippen molar-refractivity contribution in [1.82, 2.24) is 0 Å². The zero-order valence-electron chi connectivity index (χ0n) is 11.8. The topological polar surface area (TPSA) is 26.3 Å². The number of hydrogen-bond donors (Lipinski definition) is 0. The molecule has 0 aliphatic heterocycles. The van der Waals surface area contributed by atoms with Crippen LogP contribution in [0.15, 0.2) is 30.3 Å². The van der Waals surface area contributed by atoms with Gasteiger partial charge in [0.1, 0.15) is 12.0 Å². The van der Waals surface area contributed by atoms with Crippen molar-refractivity contribution in [2.45, 2.75) is 20.8 Å². The van der Waals surface area contributed by atoms with Crippen LogP contribution < -0.4 is 4.74 Å². The highest BCUT2D eigenvalue weighted by Crippen LogP contribution is 2.36. The molecule has 0 spiro atoms. The summed E-state index contributed by atoms with van der Waals surface area (Å²) in [7, 11) is 1.68. The molecule has 2 rings (SSSR count). The molecule has 0 heterocycles. The van der Waals surface area contributed by atoms with Crippen LogP contribution in [0.1, 0.15) is 27.0 Å². The van der Waals surface area contributed by atoms with Gasteiger partial charge in [0.05, 0.1) is 7.11 Å². The lowest BCUT2D eigenvalue weighted by Crippen LogP contribution is -1.95. The van der Waals surface area contributed by atoms with Crippen LogP contribution in [0.5, 0.6) is 5.75 Å². The van der Waals surface area contributed by atoms with Gasteiger partial charge in [-0.1, -0.05) is 24.3 Å². The first-order valence-corrected chi connectivity index (χ1v) is 6.29. The van der Waals surface area contributed by atoms with Gasteiger partial charge < -0.3 is 4.74 Å². The quantitative estimate of drug-likeness (QED) is 0.771. The predicted octanol–water partition coefficient (Wildman–Crippen LogP) is 4.10. The minimum Gasteiger partial charge on any atom is -0.496 e. The second-order valence-electron chi connectivity index (χ2n) is 4.78. The van der Waals surface area contributed by atoms with Crippen LogP contribution >= 0.6 is 0 Å². The van der Waals surface area contributed by atoms with Crippen molar-refractivity contribution in [2.75, 3.05) is 7.11 Å². The zero-order chi connectivity index (χ0) is 14.0. The lowest BCUT2D eigenvalue weighted by atomic mass is 9.94. The van der Waals surface area contributed by atoms with Crippen LogP contribution in [0.2, 0.25) is 0 Å². The molecule has 0 saturated heterocycles. The lowest BCUT2D eigenvalue weighted by molar-refractivity contribution is 0.112. The van der Waals surface area contributed by atoms with E-state index < -0.39 is 0 Å². The second kappa shape index (κ2) is 5.27. The van der Waals surface area contributed by atoms with Gasteiger partial charge in [-0.2, -0.15) is 0 Å². The van der Waals surface area contributed by atoms with Gasteiger partial charge in [0, 0.05) is 11.1 Å². The normalized spacial score (nSPS) is 10.3. The molecule has 0 aliphatic rings. The third kappa shape index (κ3) is 2.39. The Hall–Kier alpha value is -2.09. The van der Waals surface area contributed by atoms with Crippen molar-refractivity contribution in [1.29, 1.82) is 0 Å². The van der Waals surface area contributed by atoms with Crippen LogP contribution in [0, 0.1) is 20.8 Å². The van der Waals surface area contributed by atoms with E-state index in [0.29, 0.717) is 5.56 Å². The molecule has 2 heteroatoms. The van der Waals surface area contributed by atoms with Gasteiger partial charge in [-0.25, -0.2) is 0 Å². The van der Waals surface area contributed by atoms with E-state index in [0.717, 1.165) is 34.3 Å². The number of methoxy groups -OCH3 is 1. The van der Waals surface area contributed by atoms with Gasteiger partial charge in [0.15, 0.2) is 0 Å². The molecule has 0 amide bonds. The molecule has 2 aromatic rings. The average Bonchev–Trinajstić information content (AvgIpc) is 2.42. The summed E-state index contributed by atoms with van der Waals surface area (Å²) >= 11 is 0. The highest BCUT2D eigenvalue weighted by atomic mass is 16.5. The van der Waals surface area contributed by atoms with Crippen molar-refractivity contribution in [3.63, 3.8) is 0 Å². The van der Waals surface area contributed by atoms with Crippen LogP contribution in [0.25, 0.3) is 11.1 Å². The molecule has 19 heavy (non-hydrogen) atoms. The molecule has 0 bridgehead atoms. The monoisotopic (exact) mass is 254 g/mol. The molecule has 2 aromatic carbocycles. The maximum Gasteiger partial charge on any atom is 0.150 e. The van der Waals surface area contributed by atoms with Gasteiger partial charge >= 0.3 is 0 Å². The van der Waals surface area contributed by atoms with Crippen molar-refractivity contribution in [2.24, 2.45) is 0 Å². The van der Waals surface area contributed by atoms with E-state index in [4.69, 9.17) is 4.74 Å². The molecule has 0 saturated carbocycles. The molecule has 0 unspecified atom stereocenters. The molecule has 0 radical (unpaired) electrons. The number of benzene rings is 2. The Bertz CT molecular complexity index is 627. The van der Waals surface area contributed by atoms with Gasteiger partial charge in [0.2, 0.25) is 0 Å². The number of ether oxygens (including phenoxy) is 1. The van der Waals surface area contributed by atoms with Crippen LogP contribution in [-0.4, -0.2) is 13.4 Å². The molecule has 98 valence electrons. The maximum atomic E-state index is 10.9. The highest BCUT2D eigenvalue weighted by molar-refractivity contribution is 5.82. The minimum absolute atomic E-state index is 0.681. The maximum absolute atomic E-state index is 10.9. The molecular weight excluding hydrogens is 236 g/mol. The van der Waals surface area contributed by atoms with E-state index in [1.54, 1.807) is 7.11 Å². The van der Waals surface area contributed by atoms with Crippen molar-refractivity contribution in [3.8, 4) is 16.9 Å². The standard InChI is InChI=1S/C17H18O2/c1-11-6-8-15(17(19-4)13(11)3)16-9-14(10-18)7-5-12(16)2/h5-10H,1-4H3. The van der Waals surface area contributed by atoms with Crippen molar-refractivity contribution >= 4 is 6.29 Å². The van der Waals surface area contributed by atoms with Crippen LogP contribution in [0.3, 0.4) is 0 Å². The van der Waals surface area contributed by atoms with Gasteiger partial charge in [0.25, 0.3) is 0 Å². The first-order valence-electron chi connectivity index (χ1n) is 6.29. The van der Waals surface area contributed by atoms with Gasteiger partial charge in [-0.15, -0.1) is 0 Å². The van der Waals surface area contributed by atoms with E-state index >= 15 is 0 Å². The van der Waals surface area contributed by atoms with E-state index in [-0.39, 0.29) is 0 Å². The van der Waals surface area contributed by atoms with E-state index in [9.17, 15) is 4.79 Å².